The SMILES string of the molecule is O=[N+]([O-])c1cc2ccccc2nc1-c1ccccc1. The Kier molecular flexibility index (Phi) is 2.68. The fourth-order valence-electron chi connectivity index (χ4n) is 2.05. The summed E-state index contributed by atoms with van der Waals surface area (Å²) in [4.78, 5) is 15.2. The molecule has 1 heterocycles. The van der Waals surface area contributed by atoms with Crippen LogP contribution in [0.2, 0.25) is 0 Å². The molecular formula is C15H10N2O2. The fraction of sp³-hybridized carbons (Fsp3) is 0. The molecule has 19 heavy (non-hydrogen) atoms. The molecule has 2 aromatic carbocycles. The fourth-order valence-corrected chi connectivity index (χ4v) is 2.05. The summed E-state index contributed by atoms with van der Waals surface area (Å²) in [6, 6.07) is 18.2. The Labute approximate surface area is 109 Å². The minimum absolute atomic E-state index is 0.0323. The van der Waals surface area contributed by atoms with Crippen LogP contribution in [0.25, 0.3) is 22.2 Å². The Hall–Kier alpha value is -2.75. The third kappa shape index (κ3) is 2.04. The maximum Gasteiger partial charge on any atom is 0.296 e. The summed E-state index contributed by atoms with van der Waals surface area (Å²) in [6.07, 6.45) is 0. The number of hydrogen-bond donors (Lipinski definition) is 0. The standard InChI is InChI=1S/C15H10N2O2/c18-17(19)14-10-12-8-4-5-9-13(12)16-15(14)11-6-2-1-3-7-11/h1-10H. The van der Waals surface area contributed by atoms with E-state index < -0.39 is 0 Å². The van der Waals surface area contributed by atoms with Crippen LogP contribution in [-0.4, -0.2) is 9.91 Å². The Morgan fingerprint density at radius 1 is 0.947 bits per heavy atom. The van der Waals surface area contributed by atoms with E-state index in [4.69, 9.17) is 0 Å². The first-order valence-electron chi connectivity index (χ1n) is 5.85. The molecule has 0 N–H and O–H groups in total. The number of para-hydroxylation sites is 1. The molecule has 3 aromatic rings. The van der Waals surface area contributed by atoms with Crippen molar-refractivity contribution in [1.82, 2.24) is 4.98 Å². The predicted octanol–water partition coefficient (Wildman–Crippen LogP) is 3.81. The van der Waals surface area contributed by atoms with Gasteiger partial charge in [-0.05, 0) is 6.07 Å². The molecule has 0 saturated heterocycles. The molecular weight excluding hydrogens is 240 g/mol. The molecule has 0 amide bonds. The van der Waals surface area contributed by atoms with Crippen LogP contribution in [0.1, 0.15) is 0 Å². The summed E-state index contributed by atoms with van der Waals surface area (Å²) in [7, 11) is 0. The number of rotatable bonds is 2. The van der Waals surface area contributed by atoms with Crippen LogP contribution in [0, 0.1) is 10.1 Å². The van der Waals surface area contributed by atoms with Crippen molar-refractivity contribution in [2.24, 2.45) is 0 Å². The Balaban J connectivity index is 2.33. The number of nitrogens with zero attached hydrogens (tertiary/aromatic N) is 2. The average molecular weight is 250 g/mol. The summed E-state index contributed by atoms with van der Waals surface area (Å²) in [5.74, 6) is 0. The van der Waals surface area contributed by atoms with Gasteiger partial charge in [0.05, 0.1) is 10.4 Å². The van der Waals surface area contributed by atoms with Gasteiger partial charge in [0.25, 0.3) is 5.69 Å². The van der Waals surface area contributed by atoms with E-state index in [1.54, 1.807) is 6.07 Å². The molecule has 4 heteroatoms. The highest BCUT2D eigenvalue weighted by atomic mass is 16.6. The number of aromatic nitrogens is 1. The highest BCUT2D eigenvalue weighted by Gasteiger charge is 2.17. The van der Waals surface area contributed by atoms with Crippen LogP contribution in [0.5, 0.6) is 0 Å². The van der Waals surface area contributed by atoms with Crippen LogP contribution in [-0.2, 0) is 0 Å². The number of hydrogen-bond acceptors (Lipinski definition) is 3. The van der Waals surface area contributed by atoms with Crippen LogP contribution in [0.3, 0.4) is 0 Å². The number of fused-ring (bicyclic) bond motifs is 1. The van der Waals surface area contributed by atoms with E-state index in [1.165, 1.54) is 0 Å². The quantitative estimate of drug-likeness (QED) is 0.513. The molecule has 0 spiro atoms. The van der Waals surface area contributed by atoms with Gasteiger partial charge >= 0.3 is 0 Å². The van der Waals surface area contributed by atoms with Gasteiger partial charge in [-0.15, -0.1) is 0 Å². The Bertz CT molecular complexity index is 754. The van der Waals surface area contributed by atoms with Crippen molar-refractivity contribution < 1.29 is 4.92 Å². The lowest BCUT2D eigenvalue weighted by atomic mass is 10.1. The van der Waals surface area contributed by atoms with E-state index in [-0.39, 0.29) is 10.6 Å². The van der Waals surface area contributed by atoms with E-state index in [9.17, 15) is 10.1 Å². The largest absolute Gasteiger partial charge is 0.296 e. The molecule has 0 fully saturated rings. The molecule has 0 aliphatic heterocycles. The maximum absolute atomic E-state index is 11.2. The van der Waals surface area contributed by atoms with Gasteiger partial charge in [-0.2, -0.15) is 0 Å². The first kappa shape index (κ1) is 11.3. The molecule has 0 aliphatic rings. The molecule has 92 valence electrons. The molecule has 0 unspecified atom stereocenters. The number of pyridine rings is 1. The van der Waals surface area contributed by atoms with Crippen LogP contribution >= 0.6 is 0 Å². The van der Waals surface area contributed by atoms with Crippen molar-refractivity contribution in [2.75, 3.05) is 0 Å². The van der Waals surface area contributed by atoms with Crippen molar-refractivity contribution in [1.29, 1.82) is 0 Å². The summed E-state index contributed by atoms with van der Waals surface area (Å²) in [6.45, 7) is 0. The minimum atomic E-state index is -0.387. The molecule has 0 bridgehead atoms. The van der Waals surface area contributed by atoms with Gasteiger partial charge in [0.15, 0.2) is 0 Å². The van der Waals surface area contributed by atoms with Crippen molar-refractivity contribution >= 4 is 16.6 Å². The van der Waals surface area contributed by atoms with Gasteiger partial charge in [0.1, 0.15) is 5.69 Å². The van der Waals surface area contributed by atoms with Gasteiger partial charge in [-0.1, -0.05) is 48.5 Å². The van der Waals surface area contributed by atoms with Gasteiger partial charge < -0.3 is 0 Å². The monoisotopic (exact) mass is 250 g/mol. The minimum Gasteiger partial charge on any atom is -0.258 e. The van der Waals surface area contributed by atoms with Gasteiger partial charge in [-0.25, -0.2) is 4.98 Å². The predicted molar refractivity (Wildman–Crippen MR) is 73.8 cm³/mol. The number of benzene rings is 2. The van der Waals surface area contributed by atoms with Crippen molar-refractivity contribution in [3.05, 3.63) is 70.8 Å². The van der Waals surface area contributed by atoms with Crippen LogP contribution in [0.15, 0.2) is 60.7 Å². The Morgan fingerprint density at radius 3 is 2.37 bits per heavy atom. The zero-order valence-electron chi connectivity index (χ0n) is 9.98. The molecule has 3 rings (SSSR count). The van der Waals surface area contributed by atoms with Crippen molar-refractivity contribution in [3.63, 3.8) is 0 Å². The second-order valence-electron chi connectivity index (χ2n) is 4.17. The molecule has 0 saturated carbocycles. The zero-order chi connectivity index (χ0) is 13.2. The molecule has 0 atom stereocenters. The van der Waals surface area contributed by atoms with E-state index >= 15 is 0 Å². The lowest BCUT2D eigenvalue weighted by molar-refractivity contribution is -0.384. The number of nitro groups is 1. The first-order chi connectivity index (χ1) is 9.25. The summed E-state index contributed by atoms with van der Waals surface area (Å²) < 4.78 is 0. The highest BCUT2D eigenvalue weighted by Crippen LogP contribution is 2.30. The lowest BCUT2D eigenvalue weighted by Gasteiger charge is -2.04. The van der Waals surface area contributed by atoms with Crippen LogP contribution in [0.4, 0.5) is 5.69 Å². The topological polar surface area (TPSA) is 56.0 Å². The lowest BCUT2D eigenvalue weighted by Crippen LogP contribution is -1.95. The summed E-state index contributed by atoms with van der Waals surface area (Å²) in [5.41, 5.74) is 1.95. The van der Waals surface area contributed by atoms with E-state index in [1.807, 2.05) is 54.6 Å². The third-order valence-electron chi connectivity index (χ3n) is 2.95. The third-order valence-corrected chi connectivity index (χ3v) is 2.95. The first-order valence-corrected chi connectivity index (χ1v) is 5.85. The van der Waals surface area contributed by atoms with E-state index in [0.29, 0.717) is 5.69 Å². The Morgan fingerprint density at radius 2 is 1.63 bits per heavy atom. The van der Waals surface area contributed by atoms with Gasteiger partial charge in [-0.3, -0.25) is 10.1 Å². The molecule has 1 aromatic heterocycles. The average Bonchev–Trinajstić information content (AvgIpc) is 2.46. The van der Waals surface area contributed by atoms with Crippen molar-refractivity contribution in [3.8, 4) is 11.3 Å². The van der Waals surface area contributed by atoms with Crippen molar-refractivity contribution in [2.45, 2.75) is 0 Å². The summed E-state index contributed by atoms with van der Waals surface area (Å²) >= 11 is 0. The van der Waals surface area contributed by atoms with Crippen LogP contribution < -0.4 is 0 Å². The van der Waals surface area contributed by atoms with Gasteiger partial charge in [0, 0.05) is 17.0 Å². The summed E-state index contributed by atoms with van der Waals surface area (Å²) in [5, 5.41) is 12.0. The van der Waals surface area contributed by atoms with Gasteiger partial charge in [0.2, 0.25) is 0 Å². The zero-order valence-corrected chi connectivity index (χ0v) is 9.98. The van der Waals surface area contributed by atoms with E-state index in [0.717, 1.165) is 16.5 Å². The van der Waals surface area contributed by atoms with E-state index in [2.05, 4.69) is 4.98 Å². The molecule has 4 nitrogen and oxygen atoms in total. The molecule has 0 aliphatic carbocycles. The highest BCUT2D eigenvalue weighted by molar-refractivity contribution is 5.86. The molecule has 0 radical (unpaired) electrons. The second kappa shape index (κ2) is 4.49. The second-order valence-corrected chi connectivity index (χ2v) is 4.17. The smallest absolute Gasteiger partial charge is 0.258 e. The normalized spacial score (nSPS) is 10.5. The maximum atomic E-state index is 11.2.